The molecule has 0 saturated heterocycles. The highest BCUT2D eigenvalue weighted by molar-refractivity contribution is 4.58. The molecule has 2 atom stereocenters. The number of hydrogen-bond acceptors (Lipinski definition) is 3. The summed E-state index contributed by atoms with van der Waals surface area (Å²) in [5.41, 5.74) is 5.89. The van der Waals surface area contributed by atoms with Gasteiger partial charge in [-0.25, -0.2) is 0 Å². The molecular formula is C18H39NO2. The SMILES string of the molecule is CCCCCCCCCCCCOC(C)C(N)OCCC. The van der Waals surface area contributed by atoms with Gasteiger partial charge in [0.1, 0.15) is 6.23 Å². The Morgan fingerprint density at radius 3 is 1.71 bits per heavy atom. The number of unbranched alkanes of at least 4 members (excludes halogenated alkanes) is 9. The van der Waals surface area contributed by atoms with E-state index in [2.05, 4.69) is 13.8 Å². The Hall–Kier alpha value is -0.120. The first kappa shape index (κ1) is 20.9. The first-order valence-corrected chi connectivity index (χ1v) is 9.21. The van der Waals surface area contributed by atoms with E-state index in [1.807, 2.05) is 6.92 Å². The minimum atomic E-state index is -0.284. The second kappa shape index (κ2) is 16.3. The standard InChI is InChI=1S/C18H39NO2/c1-4-6-7-8-9-10-11-12-13-14-16-20-17(3)18(19)21-15-5-2/h17-18H,4-16,19H2,1-3H3. The van der Waals surface area contributed by atoms with Gasteiger partial charge in [-0.1, -0.05) is 71.6 Å². The highest BCUT2D eigenvalue weighted by Gasteiger charge is 2.12. The molecular weight excluding hydrogens is 262 g/mol. The highest BCUT2D eigenvalue weighted by Crippen LogP contribution is 2.11. The normalized spacial score (nSPS) is 14.3. The molecule has 0 bridgehead atoms. The van der Waals surface area contributed by atoms with E-state index in [0.717, 1.165) is 19.4 Å². The van der Waals surface area contributed by atoms with Gasteiger partial charge in [0.2, 0.25) is 0 Å². The van der Waals surface area contributed by atoms with Crippen molar-refractivity contribution in [3.05, 3.63) is 0 Å². The molecule has 2 N–H and O–H groups in total. The van der Waals surface area contributed by atoms with E-state index in [9.17, 15) is 0 Å². The monoisotopic (exact) mass is 301 g/mol. The van der Waals surface area contributed by atoms with Gasteiger partial charge >= 0.3 is 0 Å². The fourth-order valence-corrected chi connectivity index (χ4v) is 2.34. The lowest BCUT2D eigenvalue weighted by Gasteiger charge is -2.20. The van der Waals surface area contributed by atoms with Crippen molar-refractivity contribution in [3.8, 4) is 0 Å². The maximum absolute atomic E-state index is 5.89. The Kier molecular flexibility index (Phi) is 16.2. The molecule has 0 rings (SSSR count). The average Bonchev–Trinajstić information content (AvgIpc) is 2.49. The summed E-state index contributed by atoms with van der Waals surface area (Å²) in [5.74, 6) is 0. The lowest BCUT2D eigenvalue weighted by atomic mass is 10.1. The largest absolute Gasteiger partial charge is 0.374 e. The summed E-state index contributed by atoms with van der Waals surface area (Å²) in [6, 6.07) is 0. The van der Waals surface area contributed by atoms with Gasteiger partial charge in [-0.2, -0.15) is 0 Å². The second-order valence-electron chi connectivity index (χ2n) is 6.09. The van der Waals surface area contributed by atoms with Gasteiger partial charge in [0.15, 0.2) is 0 Å². The van der Waals surface area contributed by atoms with Crippen LogP contribution in [0.5, 0.6) is 0 Å². The third-order valence-corrected chi connectivity index (χ3v) is 3.86. The average molecular weight is 302 g/mol. The molecule has 0 spiro atoms. The van der Waals surface area contributed by atoms with Crippen LogP contribution >= 0.6 is 0 Å². The molecule has 0 radical (unpaired) electrons. The van der Waals surface area contributed by atoms with Crippen molar-refractivity contribution in [3.63, 3.8) is 0 Å². The summed E-state index contributed by atoms with van der Waals surface area (Å²) >= 11 is 0. The van der Waals surface area contributed by atoms with Gasteiger partial charge in [0.25, 0.3) is 0 Å². The van der Waals surface area contributed by atoms with Gasteiger partial charge in [-0.15, -0.1) is 0 Å². The lowest BCUT2D eigenvalue weighted by molar-refractivity contribution is -0.0625. The molecule has 21 heavy (non-hydrogen) atoms. The molecule has 3 nitrogen and oxygen atoms in total. The van der Waals surface area contributed by atoms with Crippen molar-refractivity contribution >= 4 is 0 Å². The Morgan fingerprint density at radius 2 is 1.19 bits per heavy atom. The Balaban J connectivity index is 3.21. The van der Waals surface area contributed by atoms with E-state index in [0.29, 0.717) is 6.61 Å². The Morgan fingerprint density at radius 1 is 0.667 bits per heavy atom. The summed E-state index contributed by atoms with van der Waals surface area (Å²) in [4.78, 5) is 0. The van der Waals surface area contributed by atoms with Gasteiger partial charge in [0, 0.05) is 13.2 Å². The third-order valence-electron chi connectivity index (χ3n) is 3.86. The molecule has 0 heterocycles. The molecule has 0 saturated carbocycles. The van der Waals surface area contributed by atoms with E-state index in [1.54, 1.807) is 0 Å². The maximum atomic E-state index is 5.89. The zero-order chi connectivity index (χ0) is 15.8. The molecule has 0 aliphatic heterocycles. The molecule has 0 amide bonds. The second-order valence-corrected chi connectivity index (χ2v) is 6.09. The fraction of sp³-hybridized carbons (Fsp3) is 1.00. The van der Waals surface area contributed by atoms with E-state index in [-0.39, 0.29) is 12.3 Å². The van der Waals surface area contributed by atoms with Crippen LogP contribution in [0.15, 0.2) is 0 Å². The summed E-state index contributed by atoms with van der Waals surface area (Å²) in [6.07, 6.45) is 14.2. The van der Waals surface area contributed by atoms with Gasteiger partial charge in [0.05, 0.1) is 6.10 Å². The Bertz CT molecular complexity index is 200. The lowest BCUT2D eigenvalue weighted by Crippen LogP contribution is -2.37. The van der Waals surface area contributed by atoms with Gasteiger partial charge in [-0.05, 0) is 19.8 Å². The minimum absolute atomic E-state index is 0.00452. The third kappa shape index (κ3) is 14.6. The fourth-order valence-electron chi connectivity index (χ4n) is 2.34. The van der Waals surface area contributed by atoms with Crippen LogP contribution in [0.1, 0.15) is 91.4 Å². The molecule has 0 aromatic heterocycles. The zero-order valence-corrected chi connectivity index (χ0v) is 14.7. The van der Waals surface area contributed by atoms with Gasteiger partial charge < -0.3 is 15.2 Å². The summed E-state index contributed by atoms with van der Waals surface area (Å²) in [5, 5.41) is 0. The number of rotatable bonds is 16. The highest BCUT2D eigenvalue weighted by atomic mass is 16.5. The minimum Gasteiger partial charge on any atom is -0.374 e. The molecule has 2 unspecified atom stereocenters. The maximum Gasteiger partial charge on any atom is 0.131 e. The van der Waals surface area contributed by atoms with Crippen molar-refractivity contribution in [1.82, 2.24) is 0 Å². The van der Waals surface area contributed by atoms with Crippen molar-refractivity contribution in [2.75, 3.05) is 13.2 Å². The predicted molar refractivity (Wildman–Crippen MR) is 91.5 cm³/mol. The first-order valence-electron chi connectivity index (χ1n) is 9.21. The zero-order valence-electron chi connectivity index (χ0n) is 14.7. The summed E-state index contributed by atoms with van der Waals surface area (Å²) in [7, 11) is 0. The topological polar surface area (TPSA) is 44.5 Å². The van der Waals surface area contributed by atoms with E-state index in [4.69, 9.17) is 15.2 Å². The van der Waals surface area contributed by atoms with E-state index in [1.165, 1.54) is 57.8 Å². The van der Waals surface area contributed by atoms with Crippen LogP contribution in [0.2, 0.25) is 0 Å². The first-order chi connectivity index (χ1) is 10.2. The van der Waals surface area contributed by atoms with Crippen LogP contribution in [0, 0.1) is 0 Å². The van der Waals surface area contributed by atoms with Crippen LogP contribution in [0.4, 0.5) is 0 Å². The van der Waals surface area contributed by atoms with Crippen LogP contribution in [-0.2, 0) is 9.47 Å². The van der Waals surface area contributed by atoms with Crippen LogP contribution in [0.3, 0.4) is 0 Å². The molecule has 0 aliphatic carbocycles. The predicted octanol–water partition coefficient (Wildman–Crippen LogP) is 5.02. The smallest absolute Gasteiger partial charge is 0.131 e. The van der Waals surface area contributed by atoms with Crippen molar-refractivity contribution in [2.45, 2.75) is 104 Å². The Labute approximate surface area is 133 Å². The molecule has 0 aromatic rings. The summed E-state index contributed by atoms with van der Waals surface area (Å²) in [6.45, 7) is 7.87. The van der Waals surface area contributed by atoms with Crippen LogP contribution in [-0.4, -0.2) is 25.5 Å². The number of nitrogens with two attached hydrogens (primary N) is 1. The van der Waals surface area contributed by atoms with Crippen molar-refractivity contribution in [2.24, 2.45) is 5.73 Å². The quantitative estimate of drug-likeness (QED) is 0.321. The van der Waals surface area contributed by atoms with Crippen molar-refractivity contribution < 1.29 is 9.47 Å². The number of hydrogen-bond donors (Lipinski definition) is 1. The van der Waals surface area contributed by atoms with Crippen LogP contribution < -0.4 is 5.73 Å². The van der Waals surface area contributed by atoms with Crippen LogP contribution in [0.25, 0.3) is 0 Å². The van der Waals surface area contributed by atoms with Crippen molar-refractivity contribution in [1.29, 1.82) is 0 Å². The van der Waals surface area contributed by atoms with E-state index < -0.39 is 0 Å². The molecule has 3 heteroatoms. The number of ether oxygens (including phenoxy) is 2. The molecule has 0 aliphatic rings. The summed E-state index contributed by atoms with van der Waals surface area (Å²) < 4.78 is 11.2. The molecule has 0 aromatic carbocycles. The van der Waals surface area contributed by atoms with Gasteiger partial charge in [-0.3, -0.25) is 0 Å². The van der Waals surface area contributed by atoms with E-state index >= 15 is 0 Å². The molecule has 0 fully saturated rings. The molecule has 128 valence electrons.